The van der Waals surface area contributed by atoms with E-state index in [1.165, 1.54) is 6.92 Å². The van der Waals surface area contributed by atoms with Crippen LogP contribution in [0.1, 0.15) is 34.6 Å². The van der Waals surface area contributed by atoms with Crippen molar-refractivity contribution in [3.63, 3.8) is 0 Å². The highest BCUT2D eigenvalue weighted by molar-refractivity contribution is 6.57. The molecule has 2 heterocycles. The van der Waals surface area contributed by atoms with Crippen molar-refractivity contribution in [3.05, 3.63) is 0 Å². The number of nitrogens with two attached hydrogens (primary N) is 1. The zero-order valence-corrected chi connectivity index (χ0v) is 12.7. The maximum absolute atomic E-state index is 13.3. The molecule has 1 saturated heterocycles. The van der Waals surface area contributed by atoms with Crippen LogP contribution in [-0.2, 0) is 9.31 Å². The highest BCUT2D eigenvalue weighted by Gasteiger charge is 2.64. The monoisotopic (exact) mass is 305 g/mol. The third-order valence-electron chi connectivity index (χ3n) is 4.38. The Morgan fingerprint density at radius 3 is 2.00 bits per heavy atom. The van der Waals surface area contributed by atoms with Gasteiger partial charge >= 0.3 is 13.3 Å². The van der Waals surface area contributed by atoms with Crippen molar-refractivity contribution in [2.24, 2.45) is 15.7 Å². The van der Waals surface area contributed by atoms with E-state index in [2.05, 4.69) is 9.98 Å². The van der Waals surface area contributed by atoms with Gasteiger partial charge in [-0.25, -0.2) is 4.99 Å². The second kappa shape index (κ2) is 4.45. The minimum Gasteiger partial charge on any atom is -0.403 e. The molecule has 2 rings (SSSR count). The molecule has 5 nitrogen and oxygen atoms in total. The molecule has 0 spiro atoms. The zero-order chi connectivity index (χ0) is 16.3. The molecule has 0 saturated carbocycles. The Kier molecular flexibility index (Phi) is 3.46. The van der Waals surface area contributed by atoms with E-state index in [0.29, 0.717) is 0 Å². The molecule has 1 fully saturated rings. The summed E-state index contributed by atoms with van der Waals surface area (Å²) in [4.78, 5) is 7.24. The fraction of sp³-hybridized carbons (Fsp3) is 0.833. The van der Waals surface area contributed by atoms with Crippen LogP contribution in [-0.4, -0.2) is 42.7 Å². The van der Waals surface area contributed by atoms with Gasteiger partial charge in [-0.05, 0) is 27.7 Å². The summed E-state index contributed by atoms with van der Waals surface area (Å²) in [5, 5.41) is -1.54. The molecule has 0 bridgehead atoms. The quantitative estimate of drug-likeness (QED) is 0.755. The standard InChI is InChI=1S/C12H19BF3N3O2/c1-9(2)10(3,4)21-13(20-9)11(5)6-18-8(17)19-7(11)12(14,15)16/h6H2,1-5H3,(H2,17,18). The van der Waals surface area contributed by atoms with Crippen LogP contribution in [0, 0.1) is 0 Å². The van der Waals surface area contributed by atoms with Gasteiger partial charge in [0.25, 0.3) is 0 Å². The van der Waals surface area contributed by atoms with Crippen LogP contribution in [0.5, 0.6) is 0 Å². The van der Waals surface area contributed by atoms with E-state index in [1.807, 2.05) is 0 Å². The van der Waals surface area contributed by atoms with E-state index in [0.717, 1.165) is 0 Å². The second-order valence-corrected chi connectivity index (χ2v) is 6.64. The van der Waals surface area contributed by atoms with Crippen molar-refractivity contribution in [1.82, 2.24) is 0 Å². The average molecular weight is 305 g/mol. The first-order chi connectivity index (χ1) is 9.30. The summed E-state index contributed by atoms with van der Waals surface area (Å²) in [5.41, 5.74) is 2.85. The third-order valence-corrected chi connectivity index (χ3v) is 4.38. The van der Waals surface area contributed by atoms with Crippen molar-refractivity contribution >= 4 is 18.8 Å². The molecule has 0 radical (unpaired) electrons. The van der Waals surface area contributed by atoms with Gasteiger partial charge in [0.2, 0.25) is 5.96 Å². The van der Waals surface area contributed by atoms with Gasteiger partial charge in [0.1, 0.15) is 5.71 Å². The molecule has 0 aromatic heterocycles. The first-order valence-corrected chi connectivity index (χ1v) is 6.61. The normalized spacial score (nSPS) is 31.9. The van der Waals surface area contributed by atoms with E-state index in [1.54, 1.807) is 27.7 Å². The molecule has 0 amide bonds. The molecule has 0 aliphatic carbocycles. The lowest BCUT2D eigenvalue weighted by atomic mass is 9.55. The van der Waals surface area contributed by atoms with Crippen molar-refractivity contribution in [1.29, 1.82) is 0 Å². The first-order valence-electron chi connectivity index (χ1n) is 6.61. The van der Waals surface area contributed by atoms with E-state index >= 15 is 0 Å². The molecular weight excluding hydrogens is 286 g/mol. The Morgan fingerprint density at radius 2 is 1.57 bits per heavy atom. The molecule has 0 aromatic rings. The Balaban J connectivity index is 2.41. The Labute approximate surface area is 121 Å². The van der Waals surface area contributed by atoms with Gasteiger partial charge < -0.3 is 15.0 Å². The third kappa shape index (κ3) is 2.57. The Bertz CT molecular complexity index is 500. The number of nitrogens with zero attached hydrogens (tertiary/aromatic N) is 2. The summed E-state index contributed by atoms with van der Waals surface area (Å²) in [6, 6.07) is 0. The maximum Gasteiger partial charge on any atom is 0.472 e. The summed E-state index contributed by atoms with van der Waals surface area (Å²) in [5.74, 6) is -0.378. The predicted molar refractivity (Wildman–Crippen MR) is 74.4 cm³/mol. The number of hydrogen-bond donors (Lipinski definition) is 1. The molecule has 1 unspecified atom stereocenters. The number of halogens is 3. The minimum atomic E-state index is -4.63. The Hall–Kier alpha value is -1.09. The Morgan fingerprint density at radius 1 is 1.10 bits per heavy atom. The fourth-order valence-corrected chi connectivity index (χ4v) is 2.27. The number of guanidine groups is 1. The topological polar surface area (TPSA) is 69.2 Å². The molecule has 9 heteroatoms. The van der Waals surface area contributed by atoms with E-state index in [4.69, 9.17) is 15.0 Å². The summed E-state index contributed by atoms with van der Waals surface area (Å²) < 4.78 is 51.4. The molecule has 2 aliphatic rings. The smallest absolute Gasteiger partial charge is 0.403 e. The van der Waals surface area contributed by atoms with Crippen LogP contribution in [0.15, 0.2) is 9.98 Å². The lowest BCUT2D eigenvalue weighted by Crippen LogP contribution is -2.50. The molecule has 21 heavy (non-hydrogen) atoms. The molecule has 1 atom stereocenters. The van der Waals surface area contributed by atoms with Gasteiger partial charge in [0.05, 0.1) is 23.1 Å². The van der Waals surface area contributed by atoms with Crippen LogP contribution >= 0.6 is 0 Å². The average Bonchev–Trinajstić information content (AvgIpc) is 2.51. The van der Waals surface area contributed by atoms with Crippen LogP contribution in [0.4, 0.5) is 13.2 Å². The highest BCUT2D eigenvalue weighted by Crippen LogP contribution is 2.49. The SMILES string of the molecule is CC1(B2OC(C)(C)C(C)(C)O2)CN=C(N)N=C1C(F)(F)F. The molecule has 0 aromatic carbocycles. The predicted octanol–water partition coefficient (Wildman–Crippen LogP) is 2.17. The minimum absolute atomic E-state index is 0.187. The van der Waals surface area contributed by atoms with E-state index in [9.17, 15) is 13.2 Å². The molecular formula is C12H19BF3N3O2. The van der Waals surface area contributed by atoms with Crippen LogP contribution in [0.2, 0.25) is 5.31 Å². The van der Waals surface area contributed by atoms with E-state index in [-0.39, 0.29) is 12.5 Å². The maximum atomic E-state index is 13.3. The summed E-state index contributed by atoms with van der Waals surface area (Å²) in [7, 11) is -1.10. The highest BCUT2D eigenvalue weighted by atomic mass is 19.4. The lowest BCUT2D eigenvalue weighted by Gasteiger charge is -2.34. The number of hydrogen-bond acceptors (Lipinski definition) is 5. The van der Waals surface area contributed by atoms with Crippen LogP contribution < -0.4 is 5.73 Å². The summed E-state index contributed by atoms with van der Waals surface area (Å²) >= 11 is 0. The van der Waals surface area contributed by atoms with Crippen molar-refractivity contribution in [2.75, 3.05) is 6.54 Å². The van der Waals surface area contributed by atoms with Gasteiger partial charge in [-0.3, -0.25) is 4.99 Å². The number of alkyl halides is 3. The molecule has 2 aliphatic heterocycles. The number of aliphatic imine (C=N–C) groups is 2. The zero-order valence-electron chi connectivity index (χ0n) is 12.7. The van der Waals surface area contributed by atoms with Crippen LogP contribution in [0.3, 0.4) is 0 Å². The first kappa shape index (κ1) is 16.3. The van der Waals surface area contributed by atoms with Gasteiger partial charge in [0.15, 0.2) is 0 Å². The fourth-order valence-electron chi connectivity index (χ4n) is 2.27. The number of rotatable bonds is 1. The summed E-state index contributed by atoms with van der Waals surface area (Å²) in [6.45, 7) is 8.32. The van der Waals surface area contributed by atoms with Crippen molar-refractivity contribution < 1.29 is 22.5 Å². The van der Waals surface area contributed by atoms with Gasteiger partial charge in [-0.2, -0.15) is 13.2 Å². The second-order valence-electron chi connectivity index (χ2n) is 6.64. The summed E-state index contributed by atoms with van der Waals surface area (Å²) in [6.07, 6.45) is -4.63. The van der Waals surface area contributed by atoms with E-state index < -0.39 is 35.5 Å². The largest absolute Gasteiger partial charge is 0.472 e. The van der Waals surface area contributed by atoms with Gasteiger partial charge in [0, 0.05) is 0 Å². The van der Waals surface area contributed by atoms with Gasteiger partial charge in [-0.15, -0.1) is 0 Å². The lowest BCUT2D eigenvalue weighted by molar-refractivity contribution is -0.0627. The van der Waals surface area contributed by atoms with Crippen molar-refractivity contribution in [2.45, 2.75) is 57.3 Å². The van der Waals surface area contributed by atoms with Gasteiger partial charge in [-0.1, -0.05) is 6.92 Å². The molecule has 2 N–H and O–H groups in total. The molecule has 118 valence electrons. The van der Waals surface area contributed by atoms with Crippen LogP contribution in [0.25, 0.3) is 0 Å². The van der Waals surface area contributed by atoms with Crippen molar-refractivity contribution in [3.8, 4) is 0 Å².